The number of anilines is 1. The van der Waals surface area contributed by atoms with Crippen LogP contribution in [-0.2, 0) is 4.74 Å². The summed E-state index contributed by atoms with van der Waals surface area (Å²) in [5, 5.41) is 0. The summed E-state index contributed by atoms with van der Waals surface area (Å²) in [6, 6.07) is 6.19. The summed E-state index contributed by atoms with van der Waals surface area (Å²) in [4.78, 5) is 6.83. The van der Waals surface area contributed by atoms with E-state index in [-0.39, 0.29) is 0 Å². The van der Waals surface area contributed by atoms with Crippen molar-refractivity contribution in [1.29, 1.82) is 0 Å². The van der Waals surface area contributed by atoms with E-state index in [2.05, 4.69) is 22.0 Å². The van der Waals surface area contributed by atoms with Crippen LogP contribution in [0.15, 0.2) is 18.2 Å². The van der Waals surface area contributed by atoms with Crippen molar-refractivity contribution in [2.75, 3.05) is 31.2 Å². The van der Waals surface area contributed by atoms with E-state index in [0.29, 0.717) is 5.41 Å². The number of aryl methyl sites for hydroxylation is 1. The molecule has 1 spiro atoms. The predicted molar refractivity (Wildman–Crippen MR) is 54.4 cm³/mol. The quantitative estimate of drug-likeness (QED) is 0.666. The number of hydrogen-bond acceptors (Lipinski definition) is 3. The zero-order valence-corrected chi connectivity index (χ0v) is 8.36. The van der Waals surface area contributed by atoms with Crippen molar-refractivity contribution in [3.05, 3.63) is 23.9 Å². The van der Waals surface area contributed by atoms with Crippen LogP contribution in [0.5, 0.6) is 0 Å². The fraction of sp³-hybridized carbons (Fsp3) is 0.545. The van der Waals surface area contributed by atoms with Gasteiger partial charge in [0.05, 0.1) is 18.6 Å². The maximum atomic E-state index is 5.24. The molecule has 2 aliphatic heterocycles. The molecule has 3 rings (SSSR count). The SMILES string of the molecule is Cc1cccc(N2CC3(COC3)C2)n1. The standard InChI is InChI=1S/C11H14N2O/c1-9-3-2-4-10(12-9)13-5-11(6-13)7-14-8-11/h2-4H,5-8H2,1H3. The Hall–Kier alpha value is -1.09. The number of hydrogen-bond donors (Lipinski definition) is 0. The highest BCUT2D eigenvalue weighted by Crippen LogP contribution is 2.39. The molecule has 0 bridgehead atoms. The Bertz CT molecular complexity index is 352. The molecule has 3 heterocycles. The topological polar surface area (TPSA) is 25.4 Å². The van der Waals surface area contributed by atoms with Gasteiger partial charge in [-0.25, -0.2) is 4.98 Å². The van der Waals surface area contributed by atoms with Gasteiger partial charge in [-0.1, -0.05) is 6.07 Å². The average molecular weight is 190 g/mol. The monoisotopic (exact) mass is 190 g/mol. The molecule has 3 nitrogen and oxygen atoms in total. The Labute approximate surface area is 83.7 Å². The van der Waals surface area contributed by atoms with Gasteiger partial charge in [0.25, 0.3) is 0 Å². The summed E-state index contributed by atoms with van der Waals surface area (Å²) in [6.07, 6.45) is 0. The van der Waals surface area contributed by atoms with Gasteiger partial charge in [-0.2, -0.15) is 0 Å². The van der Waals surface area contributed by atoms with Gasteiger partial charge in [-0.15, -0.1) is 0 Å². The van der Waals surface area contributed by atoms with E-state index < -0.39 is 0 Å². The molecule has 0 aliphatic carbocycles. The molecule has 74 valence electrons. The fourth-order valence-corrected chi connectivity index (χ4v) is 2.20. The van der Waals surface area contributed by atoms with Crippen molar-refractivity contribution in [3.63, 3.8) is 0 Å². The van der Waals surface area contributed by atoms with Gasteiger partial charge < -0.3 is 9.64 Å². The molecule has 0 atom stereocenters. The molecule has 3 heteroatoms. The second-order valence-corrected chi connectivity index (χ2v) is 4.49. The third kappa shape index (κ3) is 1.12. The Balaban J connectivity index is 1.73. The van der Waals surface area contributed by atoms with Gasteiger partial charge in [-0.3, -0.25) is 0 Å². The van der Waals surface area contributed by atoms with Crippen LogP contribution in [0.2, 0.25) is 0 Å². The minimum atomic E-state index is 0.478. The Morgan fingerprint density at radius 1 is 1.36 bits per heavy atom. The molecule has 2 saturated heterocycles. The van der Waals surface area contributed by atoms with E-state index in [4.69, 9.17) is 4.74 Å². The van der Waals surface area contributed by atoms with Crippen molar-refractivity contribution < 1.29 is 4.74 Å². The first-order valence-electron chi connectivity index (χ1n) is 5.04. The fourth-order valence-electron chi connectivity index (χ4n) is 2.20. The lowest BCUT2D eigenvalue weighted by Crippen LogP contribution is -2.66. The van der Waals surface area contributed by atoms with Gasteiger partial charge in [0, 0.05) is 18.8 Å². The molecule has 14 heavy (non-hydrogen) atoms. The minimum Gasteiger partial charge on any atom is -0.380 e. The van der Waals surface area contributed by atoms with Crippen molar-refractivity contribution in [1.82, 2.24) is 4.98 Å². The van der Waals surface area contributed by atoms with Gasteiger partial charge in [0.2, 0.25) is 0 Å². The van der Waals surface area contributed by atoms with Crippen LogP contribution >= 0.6 is 0 Å². The Morgan fingerprint density at radius 2 is 2.14 bits per heavy atom. The molecular formula is C11H14N2O. The summed E-state index contributed by atoms with van der Waals surface area (Å²) < 4.78 is 5.24. The highest BCUT2D eigenvalue weighted by atomic mass is 16.5. The average Bonchev–Trinajstić information content (AvgIpc) is 1.98. The Morgan fingerprint density at radius 3 is 2.71 bits per heavy atom. The van der Waals surface area contributed by atoms with Crippen LogP contribution in [0.25, 0.3) is 0 Å². The van der Waals surface area contributed by atoms with E-state index in [9.17, 15) is 0 Å². The molecule has 0 N–H and O–H groups in total. The first-order valence-corrected chi connectivity index (χ1v) is 5.04. The number of nitrogens with zero attached hydrogens (tertiary/aromatic N) is 2. The molecule has 2 fully saturated rings. The molecule has 1 aromatic heterocycles. The first kappa shape index (κ1) is 8.24. The number of aromatic nitrogens is 1. The maximum absolute atomic E-state index is 5.24. The largest absolute Gasteiger partial charge is 0.380 e. The zero-order valence-electron chi connectivity index (χ0n) is 8.36. The maximum Gasteiger partial charge on any atom is 0.128 e. The number of pyridine rings is 1. The van der Waals surface area contributed by atoms with Crippen molar-refractivity contribution in [2.45, 2.75) is 6.92 Å². The highest BCUT2D eigenvalue weighted by Gasteiger charge is 2.49. The van der Waals surface area contributed by atoms with Crippen LogP contribution in [0.4, 0.5) is 5.82 Å². The van der Waals surface area contributed by atoms with Crippen LogP contribution in [0.3, 0.4) is 0 Å². The van der Waals surface area contributed by atoms with E-state index in [0.717, 1.165) is 37.8 Å². The molecule has 0 aromatic carbocycles. The first-order chi connectivity index (χ1) is 6.77. The third-order valence-corrected chi connectivity index (χ3v) is 3.07. The van der Waals surface area contributed by atoms with Crippen LogP contribution < -0.4 is 4.90 Å². The predicted octanol–water partition coefficient (Wildman–Crippen LogP) is 1.23. The van der Waals surface area contributed by atoms with Crippen LogP contribution in [0.1, 0.15) is 5.69 Å². The summed E-state index contributed by atoms with van der Waals surface area (Å²) in [5.41, 5.74) is 1.57. The smallest absolute Gasteiger partial charge is 0.128 e. The summed E-state index contributed by atoms with van der Waals surface area (Å²) in [6.45, 7) is 6.14. The summed E-state index contributed by atoms with van der Waals surface area (Å²) >= 11 is 0. The summed E-state index contributed by atoms with van der Waals surface area (Å²) in [5.74, 6) is 1.11. The molecule has 0 radical (unpaired) electrons. The van der Waals surface area contributed by atoms with Gasteiger partial charge >= 0.3 is 0 Å². The van der Waals surface area contributed by atoms with E-state index in [1.165, 1.54) is 0 Å². The van der Waals surface area contributed by atoms with E-state index in [1.807, 2.05) is 13.0 Å². The van der Waals surface area contributed by atoms with Crippen molar-refractivity contribution in [3.8, 4) is 0 Å². The van der Waals surface area contributed by atoms with Crippen LogP contribution in [0, 0.1) is 12.3 Å². The molecule has 0 unspecified atom stereocenters. The number of ether oxygens (including phenoxy) is 1. The van der Waals surface area contributed by atoms with E-state index in [1.54, 1.807) is 0 Å². The third-order valence-electron chi connectivity index (χ3n) is 3.07. The number of rotatable bonds is 1. The lowest BCUT2D eigenvalue weighted by molar-refractivity contribution is -0.127. The normalized spacial score (nSPS) is 23.1. The van der Waals surface area contributed by atoms with Gasteiger partial charge in [-0.05, 0) is 19.1 Å². The van der Waals surface area contributed by atoms with Gasteiger partial charge in [0.1, 0.15) is 5.82 Å². The van der Waals surface area contributed by atoms with Crippen molar-refractivity contribution in [2.24, 2.45) is 5.41 Å². The lowest BCUT2D eigenvalue weighted by atomic mass is 9.78. The lowest BCUT2D eigenvalue weighted by Gasteiger charge is -2.55. The van der Waals surface area contributed by atoms with Crippen LogP contribution in [-0.4, -0.2) is 31.3 Å². The zero-order chi connectivity index (χ0) is 9.60. The minimum absolute atomic E-state index is 0.478. The second kappa shape index (κ2) is 2.70. The summed E-state index contributed by atoms with van der Waals surface area (Å²) in [7, 11) is 0. The molecular weight excluding hydrogens is 176 g/mol. The second-order valence-electron chi connectivity index (χ2n) is 4.49. The van der Waals surface area contributed by atoms with Gasteiger partial charge in [0.15, 0.2) is 0 Å². The van der Waals surface area contributed by atoms with Crippen molar-refractivity contribution >= 4 is 5.82 Å². The molecule has 0 saturated carbocycles. The van der Waals surface area contributed by atoms with E-state index >= 15 is 0 Å². The Kier molecular flexibility index (Phi) is 1.59. The highest BCUT2D eigenvalue weighted by molar-refractivity contribution is 5.44. The molecule has 2 aliphatic rings. The molecule has 0 amide bonds. The molecule has 1 aromatic rings.